The van der Waals surface area contributed by atoms with Crippen molar-refractivity contribution in [1.29, 1.82) is 0 Å². The third kappa shape index (κ3) is 2.10. The van der Waals surface area contributed by atoms with Crippen molar-refractivity contribution in [3.05, 3.63) is 46.7 Å². The van der Waals surface area contributed by atoms with Gasteiger partial charge in [-0.3, -0.25) is 0 Å². The smallest absolute Gasteiger partial charge is 0.0832 e. The van der Waals surface area contributed by atoms with Crippen LogP contribution in [-0.2, 0) is 0 Å². The highest BCUT2D eigenvalue weighted by molar-refractivity contribution is 6.32. The summed E-state index contributed by atoms with van der Waals surface area (Å²) in [5.41, 5.74) is 2.56. The number of hydrogen-bond acceptors (Lipinski definition) is 2. The first-order valence-corrected chi connectivity index (χ1v) is 5.46. The molecule has 0 saturated heterocycles. The predicted octanol–water partition coefficient (Wildman–Crippen LogP) is 2.89. The summed E-state index contributed by atoms with van der Waals surface area (Å²) in [5.74, 6) is 0. The van der Waals surface area contributed by atoms with Gasteiger partial charge in [-0.1, -0.05) is 17.7 Å². The van der Waals surface area contributed by atoms with E-state index in [0.29, 0.717) is 5.02 Å². The summed E-state index contributed by atoms with van der Waals surface area (Å²) in [6.45, 7) is 3.64. The van der Waals surface area contributed by atoms with E-state index in [9.17, 15) is 5.11 Å². The second-order valence-corrected chi connectivity index (χ2v) is 4.20. The number of rotatable bonds is 2. The maximum atomic E-state index is 9.43. The highest BCUT2D eigenvalue weighted by Crippen LogP contribution is 2.24. The Morgan fingerprint density at radius 2 is 2.12 bits per heavy atom. The quantitative estimate of drug-likeness (QED) is 0.871. The van der Waals surface area contributed by atoms with Gasteiger partial charge in [0.05, 0.1) is 22.5 Å². The molecule has 0 aliphatic carbocycles. The van der Waals surface area contributed by atoms with Crippen LogP contribution in [0.1, 0.15) is 24.3 Å². The Labute approximate surface area is 99.3 Å². The van der Waals surface area contributed by atoms with Gasteiger partial charge in [0.2, 0.25) is 0 Å². The van der Waals surface area contributed by atoms with E-state index in [1.807, 2.05) is 31.3 Å². The first-order valence-electron chi connectivity index (χ1n) is 5.08. The molecule has 0 bridgehead atoms. The van der Waals surface area contributed by atoms with Crippen molar-refractivity contribution in [3.63, 3.8) is 0 Å². The molecular formula is C12H13ClN2O. The Morgan fingerprint density at radius 1 is 1.38 bits per heavy atom. The molecular weight excluding hydrogens is 224 g/mol. The molecule has 0 fully saturated rings. The molecule has 2 aromatic rings. The molecule has 1 N–H and O–H groups in total. The number of nitrogens with zero attached hydrogens (tertiary/aromatic N) is 2. The fourth-order valence-corrected chi connectivity index (χ4v) is 1.79. The summed E-state index contributed by atoms with van der Waals surface area (Å²) in [6.07, 6.45) is 1.35. The first kappa shape index (κ1) is 11.2. The van der Waals surface area contributed by atoms with Crippen LogP contribution in [0.15, 0.2) is 30.5 Å². The van der Waals surface area contributed by atoms with Crippen molar-refractivity contribution in [2.24, 2.45) is 0 Å². The van der Waals surface area contributed by atoms with Crippen molar-refractivity contribution in [2.45, 2.75) is 20.0 Å². The lowest BCUT2D eigenvalue weighted by Gasteiger charge is -2.08. The molecule has 1 aromatic carbocycles. The van der Waals surface area contributed by atoms with Gasteiger partial charge in [-0.25, -0.2) is 4.68 Å². The average molecular weight is 237 g/mol. The molecule has 2 rings (SSSR count). The minimum atomic E-state index is -0.508. The standard InChI is InChI=1S/C12H13ClN2O/c1-8-5-6-15(14-8)12-4-3-10(9(2)16)7-11(12)13/h3-7,9,16H,1-2H3. The lowest BCUT2D eigenvalue weighted by molar-refractivity contribution is 0.199. The van der Waals surface area contributed by atoms with Gasteiger partial charge >= 0.3 is 0 Å². The molecule has 0 spiro atoms. The van der Waals surface area contributed by atoms with Crippen molar-refractivity contribution >= 4 is 11.6 Å². The van der Waals surface area contributed by atoms with Crippen LogP contribution in [0, 0.1) is 6.92 Å². The Hall–Kier alpha value is -1.32. The molecule has 0 amide bonds. The van der Waals surface area contributed by atoms with Gasteiger partial charge in [-0.05, 0) is 37.6 Å². The Bertz CT molecular complexity index is 505. The lowest BCUT2D eigenvalue weighted by atomic mass is 10.1. The van der Waals surface area contributed by atoms with E-state index in [1.165, 1.54) is 0 Å². The summed E-state index contributed by atoms with van der Waals surface area (Å²) in [7, 11) is 0. The zero-order chi connectivity index (χ0) is 11.7. The Morgan fingerprint density at radius 3 is 2.62 bits per heavy atom. The third-order valence-electron chi connectivity index (χ3n) is 2.42. The van der Waals surface area contributed by atoms with Crippen LogP contribution in [0.4, 0.5) is 0 Å². The van der Waals surface area contributed by atoms with Crippen LogP contribution >= 0.6 is 11.6 Å². The maximum absolute atomic E-state index is 9.43. The average Bonchev–Trinajstić information content (AvgIpc) is 2.64. The van der Waals surface area contributed by atoms with Crippen LogP contribution < -0.4 is 0 Å². The summed E-state index contributed by atoms with van der Waals surface area (Å²) in [6, 6.07) is 7.39. The van der Waals surface area contributed by atoms with Gasteiger partial charge in [0.1, 0.15) is 0 Å². The van der Waals surface area contributed by atoms with E-state index >= 15 is 0 Å². The largest absolute Gasteiger partial charge is 0.389 e. The third-order valence-corrected chi connectivity index (χ3v) is 2.73. The topological polar surface area (TPSA) is 38.0 Å². The lowest BCUT2D eigenvalue weighted by Crippen LogP contribution is -1.98. The number of aromatic nitrogens is 2. The van der Waals surface area contributed by atoms with Gasteiger partial charge in [0.15, 0.2) is 0 Å². The number of aryl methyl sites for hydroxylation is 1. The zero-order valence-electron chi connectivity index (χ0n) is 9.18. The molecule has 1 heterocycles. The molecule has 0 saturated carbocycles. The first-order chi connectivity index (χ1) is 7.58. The number of aliphatic hydroxyl groups is 1. The zero-order valence-corrected chi connectivity index (χ0v) is 9.94. The molecule has 84 valence electrons. The molecule has 0 aliphatic rings. The van der Waals surface area contributed by atoms with Crippen LogP contribution in [0.2, 0.25) is 5.02 Å². The Kier molecular flexibility index (Phi) is 2.99. The van der Waals surface area contributed by atoms with Gasteiger partial charge in [-0.15, -0.1) is 0 Å². The van der Waals surface area contributed by atoms with Crippen LogP contribution in [0.25, 0.3) is 5.69 Å². The van der Waals surface area contributed by atoms with Crippen molar-refractivity contribution in [2.75, 3.05) is 0 Å². The molecule has 0 radical (unpaired) electrons. The van der Waals surface area contributed by atoms with Crippen molar-refractivity contribution in [1.82, 2.24) is 9.78 Å². The minimum Gasteiger partial charge on any atom is -0.389 e. The van der Waals surface area contributed by atoms with E-state index in [2.05, 4.69) is 5.10 Å². The number of aliphatic hydroxyl groups excluding tert-OH is 1. The minimum absolute atomic E-state index is 0.508. The van der Waals surface area contributed by atoms with Crippen molar-refractivity contribution < 1.29 is 5.11 Å². The fourth-order valence-electron chi connectivity index (χ4n) is 1.52. The summed E-state index contributed by atoms with van der Waals surface area (Å²) >= 11 is 6.15. The fraction of sp³-hybridized carbons (Fsp3) is 0.250. The van der Waals surface area contributed by atoms with E-state index in [1.54, 1.807) is 17.7 Å². The molecule has 1 aromatic heterocycles. The van der Waals surface area contributed by atoms with Gasteiger partial charge in [0.25, 0.3) is 0 Å². The maximum Gasteiger partial charge on any atom is 0.0832 e. The number of benzene rings is 1. The van der Waals surface area contributed by atoms with Crippen LogP contribution in [-0.4, -0.2) is 14.9 Å². The Balaban J connectivity index is 2.44. The predicted molar refractivity (Wildman–Crippen MR) is 63.9 cm³/mol. The van der Waals surface area contributed by atoms with Gasteiger partial charge in [0, 0.05) is 6.20 Å². The van der Waals surface area contributed by atoms with E-state index < -0.39 is 6.10 Å². The summed E-state index contributed by atoms with van der Waals surface area (Å²) in [5, 5.41) is 14.3. The van der Waals surface area contributed by atoms with E-state index in [0.717, 1.165) is 16.9 Å². The van der Waals surface area contributed by atoms with Crippen LogP contribution in [0.3, 0.4) is 0 Å². The van der Waals surface area contributed by atoms with E-state index in [4.69, 9.17) is 11.6 Å². The molecule has 1 unspecified atom stereocenters. The molecule has 3 nitrogen and oxygen atoms in total. The SMILES string of the molecule is Cc1ccn(-c2ccc(C(C)O)cc2Cl)n1. The second-order valence-electron chi connectivity index (χ2n) is 3.79. The number of hydrogen-bond donors (Lipinski definition) is 1. The second kappa shape index (κ2) is 4.28. The highest BCUT2D eigenvalue weighted by atomic mass is 35.5. The highest BCUT2D eigenvalue weighted by Gasteiger charge is 2.07. The summed E-state index contributed by atoms with van der Waals surface area (Å²) in [4.78, 5) is 0. The van der Waals surface area contributed by atoms with Gasteiger partial charge in [-0.2, -0.15) is 5.10 Å². The van der Waals surface area contributed by atoms with Gasteiger partial charge < -0.3 is 5.11 Å². The van der Waals surface area contributed by atoms with E-state index in [-0.39, 0.29) is 0 Å². The number of halogens is 1. The normalized spacial score (nSPS) is 12.8. The molecule has 16 heavy (non-hydrogen) atoms. The van der Waals surface area contributed by atoms with Crippen molar-refractivity contribution in [3.8, 4) is 5.69 Å². The summed E-state index contributed by atoms with van der Waals surface area (Å²) < 4.78 is 1.73. The molecule has 1 atom stereocenters. The van der Waals surface area contributed by atoms with Crippen LogP contribution in [0.5, 0.6) is 0 Å². The molecule has 4 heteroatoms. The molecule has 0 aliphatic heterocycles. The monoisotopic (exact) mass is 236 g/mol.